The van der Waals surface area contributed by atoms with Crippen molar-refractivity contribution < 1.29 is 8.42 Å². The van der Waals surface area contributed by atoms with Gasteiger partial charge in [-0.1, -0.05) is 6.92 Å². The van der Waals surface area contributed by atoms with Crippen LogP contribution in [0.2, 0.25) is 0 Å². The number of sulfonamides is 1. The van der Waals surface area contributed by atoms with Crippen LogP contribution in [0.1, 0.15) is 13.3 Å². The molecule has 1 rings (SSSR count). The predicted octanol–water partition coefficient (Wildman–Crippen LogP) is 0.303. The van der Waals surface area contributed by atoms with Gasteiger partial charge >= 0.3 is 0 Å². The zero-order valence-corrected chi connectivity index (χ0v) is 10.5. The number of aryl methyl sites for hydroxylation is 1. The lowest BCUT2D eigenvalue weighted by Crippen LogP contribution is -2.27. The normalized spacial score (nSPS) is 11.9. The number of nitrogens with zero attached hydrogens (tertiary/aromatic N) is 1. The first kappa shape index (κ1) is 13.2. The predicted molar refractivity (Wildman–Crippen MR) is 63.8 cm³/mol. The molecule has 16 heavy (non-hydrogen) atoms. The minimum absolute atomic E-state index is 0.318. The van der Waals surface area contributed by atoms with E-state index < -0.39 is 10.0 Å². The molecule has 0 fully saturated rings. The summed E-state index contributed by atoms with van der Waals surface area (Å²) in [4.78, 5) is 0.318. The summed E-state index contributed by atoms with van der Waals surface area (Å²) in [6.45, 7) is 4.22. The smallest absolute Gasteiger partial charge is 0.242 e. The van der Waals surface area contributed by atoms with Crippen LogP contribution < -0.4 is 10.0 Å². The molecule has 0 unspecified atom stereocenters. The summed E-state index contributed by atoms with van der Waals surface area (Å²) >= 11 is 0. The average molecular weight is 245 g/mol. The lowest BCUT2D eigenvalue weighted by Gasteiger charge is -2.05. The fourth-order valence-corrected chi connectivity index (χ4v) is 2.44. The Morgan fingerprint density at radius 3 is 2.69 bits per heavy atom. The van der Waals surface area contributed by atoms with Crippen molar-refractivity contribution >= 4 is 10.0 Å². The van der Waals surface area contributed by atoms with Gasteiger partial charge in [0.15, 0.2) is 0 Å². The third-order valence-corrected chi connectivity index (χ3v) is 3.63. The molecule has 0 aromatic carbocycles. The first-order chi connectivity index (χ1) is 7.56. The van der Waals surface area contributed by atoms with E-state index in [1.807, 2.05) is 6.92 Å². The summed E-state index contributed by atoms with van der Waals surface area (Å²) < 4.78 is 27.7. The Bertz CT molecular complexity index is 411. The Kier molecular flexibility index (Phi) is 4.98. The maximum atomic E-state index is 11.7. The number of hydrogen-bond acceptors (Lipinski definition) is 3. The van der Waals surface area contributed by atoms with Gasteiger partial charge in [-0.25, -0.2) is 13.1 Å². The summed E-state index contributed by atoms with van der Waals surface area (Å²) in [5, 5.41) is 3.14. The van der Waals surface area contributed by atoms with Crippen LogP contribution in [-0.2, 0) is 17.1 Å². The first-order valence-electron chi connectivity index (χ1n) is 5.38. The summed E-state index contributed by atoms with van der Waals surface area (Å²) in [7, 11) is -1.53. The maximum absolute atomic E-state index is 11.7. The molecule has 0 bridgehead atoms. The molecule has 5 nitrogen and oxygen atoms in total. The Morgan fingerprint density at radius 2 is 2.12 bits per heavy atom. The lowest BCUT2D eigenvalue weighted by atomic mass is 10.4. The topological polar surface area (TPSA) is 63.1 Å². The van der Waals surface area contributed by atoms with E-state index in [2.05, 4.69) is 10.0 Å². The highest BCUT2D eigenvalue weighted by Crippen LogP contribution is 2.07. The van der Waals surface area contributed by atoms with Crippen molar-refractivity contribution in [1.29, 1.82) is 0 Å². The van der Waals surface area contributed by atoms with Crippen molar-refractivity contribution in [2.24, 2.45) is 7.05 Å². The van der Waals surface area contributed by atoms with Crippen molar-refractivity contribution in [3.8, 4) is 0 Å². The first-order valence-corrected chi connectivity index (χ1v) is 6.87. The molecule has 0 aliphatic rings. The van der Waals surface area contributed by atoms with Gasteiger partial charge < -0.3 is 9.88 Å². The Morgan fingerprint density at radius 1 is 1.38 bits per heavy atom. The van der Waals surface area contributed by atoms with Crippen LogP contribution in [-0.4, -0.2) is 32.6 Å². The molecule has 0 aliphatic heterocycles. The van der Waals surface area contributed by atoms with Crippen LogP contribution in [0.15, 0.2) is 23.4 Å². The summed E-state index contributed by atoms with van der Waals surface area (Å²) in [6.07, 6.45) is 4.10. The zero-order valence-electron chi connectivity index (χ0n) is 9.73. The summed E-state index contributed by atoms with van der Waals surface area (Å²) in [6, 6.07) is 1.59. The van der Waals surface area contributed by atoms with Crippen molar-refractivity contribution in [2.45, 2.75) is 18.2 Å². The van der Waals surface area contributed by atoms with E-state index in [-0.39, 0.29) is 0 Å². The van der Waals surface area contributed by atoms with E-state index in [1.54, 1.807) is 30.1 Å². The van der Waals surface area contributed by atoms with Gasteiger partial charge in [0.1, 0.15) is 0 Å². The Balaban J connectivity index is 2.41. The second kappa shape index (κ2) is 6.03. The van der Waals surface area contributed by atoms with Gasteiger partial charge in [0, 0.05) is 26.0 Å². The molecule has 2 N–H and O–H groups in total. The molecule has 0 aliphatic carbocycles. The van der Waals surface area contributed by atoms with Gasteiger partial charge in [-0.3, -0.25) is 0 Å². The van der Waals surface area contributed by atoms with Gasteiger partial charge in [0.2, 0.25) is 10.0 Å². The molecule has 1 heterocycles. The highest BCUT2D eigenvalue weighted by molar-refractivity contribution is 7.89. The highest BCUT2D eigenvalue weighted by atomic mass is 32.2. The molecular weight excluding hydrogens is 226 g/mol. The summed E-state index contributed by atoms with van der Waals surface area (Å²) in [5.74, 6) is 0. The summed E-state index contributed by atoms with van der Waals surface area (Å²) in [5.41, 5.74) is 0. The van der Waals surface area contributed by atoms with E-state index in [1.165, 1.54) is 0 Å². The monoisotopic (exact) mass is 245 g/mol. The van der Waals surface area contributed by atoms with Crippen molar-refractivity contribution in [1.82, 2.24) is 14.6 Å². The number of nitrogens with one attached hydrogen (secondary N) is 2. The molecule has 0 radical (unpaired) electrons. The van der Waals surface area contributed by atoms with Crippen LogP contribution in [0.3, 0.4) is 0 Å². The van der Waals surface area contributed by atoms with Crippen molar-refractivity contribution in [2.75, 3.05) is 19.6 Å². The quantitative estimate of drug-likeness (QED) is 0.679. The minimum Gasteiger partial charge on any atom is -0.356 e. The fourth-order valence-electron chi connectivity index (χ4n) is 1.32. The molecule has 0 amide bonds. The molecular formula is C10H19N3O2S. The van der Waals surface area contributed by atoms with Crippen LogP contribution in [0, 0.1) is 0 Å². The zero-order chi connectivity index (χ0) is 12.0. The number of rotatable bonds is 7. The van der Waals surface area contributed by atoms with Crippen molar-refractivity contribution in [3.05, 3.63) is 18.5 Å². The van der Waals surface area contributed by atoms with Crippen LogP contribution in [0.5, 0.6) is 0 Å². The van der Waals surface area contributed by atoms with Gasteiger partial charge in [-0.15, -0.1) is 0 Å². The largest absolute Gasteiger partial charge is 0.356 e. The number of aromatic nitrogens is 1. The number of hydrogen-bond donors (Lipinski definition) is 2. The van der Waals surface area contributed by atoms with Crippen LogP contribution >= 0.6 is 0 Å². The third-order valence-electron chi connectivity index (χ3n) is 2.19. The molecule has 0 saturated heterocycles. The van der Waals surface area contributed by atoms with Gasteiger partial charge in [0.25, 0.3) is 0 Å². The molecule has 0 spiro atoms. The second-order valence-electron chi connectivity index (χ2n) is 3.62. The molecule has 6 heteroatoms. The lowest BCUT2D eigenvalue weighted by molar-refractivity contribution is 0.575. The maximum Gasteiger partial charge on any atom is 0.242 e. The van der Waals surface area contributed by atoms with E-state index in [0.717, 1.165) is 19.5 Å². The van der Waals surface area contributed by atoms with Gasteiger partial charge in [-0.2, -0.15) is 0 Å². The molecule has 0 saturated carbocycles. The van der Waals surface area contributed by atoms with Crippen LogP contribution in [0.25, 0.3) is 0 Å². The SMILES string of the molecule is CCNCCCNS(=O)(=O)c1ccn(C)c1. The van der Waals surface area contributed by atoms with Crippen LogP contribution in [0.4, 0.5) is 0 Å². The molecule has 0 atom stereocenters. The second-order valence-corrected chi connectivity index (χ2v) is 5.38. The Hall–Kier alpha value is -0.850. The van der Waals surface area contributed by atoms with E-state index in [4.69, 9.17) is 0 Å². The van der Waals surface area contributed by atoms with Crippen molar-refractivity contribution in [3.63, 3.8) is 0 Å². The van der Waals surface area contributed by atoms with E-state index in [9.17, 15) is 8.42 Å². The molecule has 92 valence electrons. The third kappa shape index (κ3) is 3.96. The fraction of sp³-hybridized carbons (Fsp3) is 0.600. The van der Waals surface area contributed by atoms with E-state index >= 15 is 0 Å². The standard InChI is InChI=1S/C10H19N3O2S/c1-3-11-6-4-7-12-16(14,15)10-5-8-13(2)9-10/h5,8-9,11-12H,3-4,6-7H2,1-2H3. The average Bonchev–Trinajstić information content (AvgIpc) is 2.65. The van der Waals surface area contributed by atoms with E-state index in [0.29, 0.717) is 11.4 Å². The van der Waals surface area contributed by atoms with Gasteiger partial charge in [-0.05, 0) is 25.6 Å². The highest BCUT2D eigenvalue weighted by Gasteiger charge is 2.13. The minimum atomic E-state index is -3.33. The molecule has 1 aromatic heterocycles. The van der Waals surface area contributed by atoms with Gasteiger partial charge in [0.05, 0.1) is 4.90 Å². The molecule has 1 aromatic rings. The Labute approximate surface area is 96.9 Å².